The number of benzene rings is 1. The molecule has 0 saturated heterocycles. The van der Waals surface area contributed by atoms with E-state index in [1.807, 2.05) is 29.1 Å². The van der Waals surface area contributed by atoms with E-state index in [4.69, 9.17) is 4.74 Å². The Morgan fingerprint density at radius 3 is 2.57 bits per heavy atom. The molecular weight excluding hydrogens is 465 g/mol. The van der Waals surface area contributed by atoms with Crippen LogP contribution < -0.4 is 15.4 Å². The fourth-order valence-electron chi connectivity index (χ4n) is 2.58. The highest BCUT2D eigenvalue weighted by molar-refractivity contribution is 14.0. The van der Waals surface area contributed by atoms with Crippen LogP contribution in [-0.4, -0.2) is 35.4 Å². The molecule has 0 fully saturated rings. The number of aromatic nitrogens is 2. The maximum absolute atomic E-state index is 5.75. The molecule has 0 aliphatic heterocycles. The lowest BCUT2D eigenvalue weighted by molar-refractivity contribution is 0.271. The Morgan fingerprint density at radius 1 is 1.21 bits per heavy atom. The molecule has 1 atom stereocenters. The highest BCUT2D eigenvalue weighted by Crippen LogP contribution is 2.18. The minimum absolute atomic E-state index is 0. The SMILES string of the molecule is CCNC(=NCCCn1cccn1)NC(C)c1ccc(OCC(C)C)cc1.I. The van der Waals surface area contributed by atoms with E-state index in [0.717, 1.165) is 44.4 Å². The van der Waals surface area contributed by atoms with E-state index in [9.17, 15) is 0 Å². The van der Waals surface area contributed by atoms with Crippen LogP contribution in [-0.2, 0) is 6.54 Å². The number of aliphatic imine (C=N–C) groups is 1. The summed E-state index contributed by atoms with van der Waals surface area (Å²) in [5.74, 6) is 2.28. The topological polar surface area (TPSA) is 63.5 Å². The van der Waals surface area contributed by atoms with Gasteiger partial charge in [-0.3, -0.25) is 9.67 Å². The molecular formula is C21H34IN5O. The van der Waals surface area contributed by atoms with Gasteiger partial charge in [-0.15, -0.1) is 24.0 Å². The van der Waals surface area contributed by atoms with Crippen LogP contribution in [0.1, 0.15) is 45.7 Å². The summed E-state index contributed by atoms with van der Waals surface area (Å²) in [7, 11) is 0. The van der Waals surface area contributed by atoms with E-state index in [1.165, 1.54) is 5.56 Å². The van der Waals surface area contributed by atoms with E-state index in [-0.39, 0.29) is 30.0 Å². The van der Waals surface area contributed by atoms with E-state index in [2.05, 4.69) is 60.6 Å². The minimum Gasteiger partial charge on any atom is -0.493 e. The van der Waals surface area contributed by atoms with Crippen LogP contribution in [0.2, 0.25) is 0 Å². The molecule has 1 aromatic carbocycles. The zero-order valence-corrected chi connectivity index (χ0v) is 19.7. The van der Waals surface area contributed by atoms with E-state index >= 15 is 0 Å². The molecule has 0 saturated carbocycles. The quantitative estimate of drug-likeness (QED) is 0.222. The molecule has 0 amide bonds. The van der Waals surface area contributed by atoms with Gasteiger partial charge in [0.25, 0.3) is 0 Å². The maximum Gasteiger partial charge on any atom is 0.191 e. The monoisotopic (exact) mass is 499 g/mol. The number of halogens is 1. The molecule has 7 heteroatoms. The summed E-state index contributed by atoms with van der Waals surface area (Å²) in [6, 6.07) is 10.4. The average Bonchev–Trinajstić information content (AvgIpc) is 3.17. The molecule has 2 rings (SSSR count). The van der Waals surface area contributed by atoms with Crippen molar-refractivity contribution < 1.29 is 4.74 Å². The maximum atomic E-state index is 5.75. The number of hydrogen-bond donors (Lipinski definition) is 2. The highest BCUT2D eigenvalue weighted by Gasteiger charge is 2.08. The van der Waals surface area contributed by atoms with Crippen LogP contribution in [0.25, 0.3) is 0 Å². The van der Waals surface area contributed by atoms with Gasteiger partial charge < -0.3 is 15.4 Å². The lowest BCUT2D eigenvalue weighted by Gasteiger charge is -2.18. The normalized spacial score (nSPS) is 12.4. The van der Waals surface area contributed by atoms with Crippen LogP contribution in [0.5, 0.6) is 5.75 Å². The Balaban J connectivity index is 0.00000392. The molecule has 0 bridgehead atoms. The van der Waals surface area contributed by atoms with Gasteiger partial charge in [-0.2, -0.15) is 5.10 Å². The van der Waals surface area contributed by atoms with E-state index < -0.39 is 0 Å². The molecule has 0 aliphatic carbocycles. The van der Waals surface area contributed by atoms with Gasteiger partial charge in [0.05, 0.1) is 12.6 Å². The van der Waals surface area contributed by atoms with Crippen molar-refractivity contribution in [3.05, 3.63) is 48.3 Å². The third-order valence-corrected chi connectivity index (χ3v) is 4.04. The Bertz CT molecular complexity index is 671. The van der Waals surface area contributed by atoms with Gasteiger partial charge in [0, 0.05) is 32.0 Å². The predicted octanol–water partition coefficient (Wildman–Crippen LogP) is 4.24. The number of hydrogen-bond acceptors (Lipinski definition) is 3. The van der Waals surface area contributed by atoms with Crippen molar-refractivity contribution in [3.63, 3.8) is 0 Å². The zero-order chi connectivity index (χ0) is 19.5. The molecule has 6 nitrogen and oxygen atoms in total. The summed E-state index contributed by atoms with van der Waals surface area (Å²) in [6.07, 6.45) is 4.73. The molecule has 28 heavy (non-hydrogen) atoms. The Kier molecular flexibility index (Phi) is 11.6. The fourth-order valence-corrected chi connectivity index (χ4v) is 2.58. The van der Waals surface area contributed by atoms with Gasteiger partial charge in [0.2, 0.25) is 0 Å². The number of nitrogens with one attached hydrogen (secondary N) is 2. The molecule has 156 valence electrons. The average molecular weight is 499 g/mol. The van der Waals surface area contributed by atoms with Crippen molar-refractivity contribution in [1.82, 2.24) is 20.4 Å². The number of ether oxygens (including phenoxy) is 1. The van der Waals surface area contributed by atoms with Gasteiger partial charge in [0.15, 0.2) is 5.96 Å². The fraction of sp³-hybridized carbons (Fsp3) is 0.524. The smallest absolute Gasteiger partial charge is 0.191 e. The van der Waals surface area contributed by atoms with Gasteiger partial charge >= 0.3 is 0 Å². The van der Waals surface area contributed by atoms with Crippen molar-refractivity contribution in [2.24, 2.45) is 10.9 Å². The van der Waals surface area contributed by atoms with Gasteiger partial charge in [-0.1, -0.05) is 26.0 Å². The Labute approximate surface area is 186 Å². The molecule has 2 N–H and O–H groups in total. The number of aryl methyl sites for hydroxylation is 1. The second-order valence-electron chi connectivity index (χ2n) is 7.02. The molecule has 1 heterocycles. The van der Waals surface area contributed by atoms with Crippen LogP contribution in [0, 0.1) is 5.92 Å². The van der Waals surface area contributed by atoms with E-state index in [0.29, 0.717) is 5.92 Å². The molecule has 0 radical (unpaired) electrons. The molecule has 0 spiro atoms. The summed E-state index contributed by atoms with van der Waals surface area (Å²) in [5.41, 5.74) is 1.20. The Hall–Kier alpha value is -1.77. The van der Waals surface area contributed by atoms with Crippen molar-refractivity contribution in [1.29, 1.82) is 0 Å². The number of guanidine groups is 1. The van der Waals surface area contributed by atoms with Crippen LogP contribution in [0.4, 0.5) is 0 Å². The van der Waals surface area contributed by atoms with Crippen molar-refractivity contribution in [2.45, 2.75) is 46.7 Å². The molecule has 1 aromatic heterocycles. The Morgan fingerprint density at radius 2 is 1.96 bits per heavy atom. The van der Waals surface area contributed by atoms with Crippen LogP contribution in [0.3, 0.4) is 0 Å². The molecule has 1 unspecified atom stereocenters. The van der Waals surface area contributed by atoms with Gasteiger partial charge in [0.1, 0.15) is 5.75 Å². The third kappa shape index (κ3) is 8.95. The van der Waals surface area contributed by atoms with Crippen molar-refractivity contribution in [2.75, 3.05) is 19.7 Å². The first-order chi connectivity index (χ1) is 13.1. The largest absolute Gasteiger partial charge is 0.493 e. The third-order valence-electron chi connectivity index (χ3n) is 4.04. The number of rotatable bonds is 10. The predicted molar refractivity (Wildman–Crippen MR) is 127 cm³/mol. The first-order valence-electron chi connectivity index (χ1n) is 9.83. The lowest BCUT2D eigenvalue weighted by Crippen LogP contribution is -2.38. The second kappa shape index (κ2) is 13.4. The standard InChI is InChI=1S/C21H33N5O.HI/c1-5-22-21(23-12-6-14-26-15-7-13-24-26)25-18(4)19-8-10-20(11-9-19)27-16-17(2)3;/h7-11,13,15,17-18H,5-6,12,14,16H2,1-4H3,(H2,22,23,25);1H. The lowest BCUT2D eigenvalue weighted by atomic mass is 10.1. The zero-order valence-electron chi connectivity index (χ0n) is 17.4. The minimum atomic E-state index is 0. The summed E-state index contributed by atoms with van der Waals surface area (Å²) < 4.78 is 7.69. The van der Waals surface area contributed by atoms with E-state index in [1.54, 1.807) is 6.20 Å². The van der Waals surface area contributed by atoms with Gasteiger partial charge in [-0.25, -0.2) is 0 Å². The van der Waals surface area contributed by atoms with Crippen LogP contribution >= 0.6 is 24.0 Å². The molecule has 0 aliphatic rings. The first-order valence-corrected chi connectivity index (χ1v) is 9.83. The van der Waals surface area contributed by atoms with Crippen molar-refractivity contribution >= 4 is 29.9 Å². The summed E-state index contributed by atoms with van der Waals surface area (Å²) in [4.78, 5) is 4.67. The van der Waals surface area contributed by atoms with Gasteiger partial charge in [-0.05, 0) is 49.9 Å². The number of nitrogens with zero attached hydrogens (tertiary/aromatic N) is 3. The summed E-state index contributed by atoms with van der Waals surface area (Å²) >= 11 is 0. The highest BCUT2D eigenvalue weighted by atomic mass is 127. The summed E-state index contributed by atoms with van der Waals surface area (Å²) in [6.45, 7) is 11.7. The molecule has 2 aromatic rings. The van der Waals surface area contributed by atoms with Crippen molar-refractivity contribution in [3.8, 4) is 5.75 Å². The van der Waals surface area contributed by atoms with Crippen LogP contribution in [0.15, 0.2) is 47.7 Å². The first kappa shape index (κ1) is 24.3. The summed E-state index contributed by atoms with van der Waals surface area (Å²) in [5, 5.41) is 11.0. The second-order valence-corrected chi connectivity index (χ2v) is 7.02.